The minimum atomic E-state index is -0.0523. The van der Waals surface area contributed by atoms with Crippen LogP contribution in [0.1, 0.15) is 18.7 Å². The molecular weight excluding hydrogens is 460 g/mol. The summed E-state index contributed by atoms with van der Waals surface area (Å²) in [6.45, 7) is 2.35. The normalized spacial score (nSPS) is 10.7. The number of rotatable bonds is 9. The Morgan fingerprint density at radius 1 is 0.784 bits per heavy atom. The zero-order valence-electron chi connectivity index (χ0n) is 20.6. The van der Waals surface area contributed by atoms with E-state index in [0.717, 1.165) is 33.8 Å². The number of anilines is 3. The highest BCUT2D eigenvalue weighted by molar-refractivity contribution is 5.91. The van der Waals surface area contributed by atoms with Crippen LogP contribution in [0, 0.1) is 6.92 Å². The second-order valence-corrected chi connectivity index (χ2v) is 8.77. The van der Waals surface area contributed by atoms with Gasteiger partial charge >= 0.3 is 0 Å². The number of fused-ring (bicyclic) bond motifs is 1. The first-order chi connectivity index (χ1) is 18.1. The molecule has 6 heteroatoms. The Morgan fingerprint density at radius 2 is 1.57 bits per heavy atom. The van der Waals surface area contributed by atoms with E-state index in [-0.39, 0.29) is 5.91 Å². The molecule has 0 saturated heterocycles. The van der Waals surface area contributed by atoms with Crippen molar-refractivity contribution >= 4 is 33.9 Å². The van der Waals surface area contributed by atoms with Crippen LogP contribution >= 0.6 is 0 Å². The van der Waals surface area contributed by atoms with Crippen molar-refractivity contribution in [3.8, 4) is 17.0 Å². The van der Waals surface area contributed by atoms with Gasteiger partial charge in [-0.05, 0) is 54.4 Å². The van der Waals surface area contributed by atoms with E-state index in [0.29, 0.717) is 31.1 Å². The molecule has 0 aliphatic rings. The summed E-state index contributed by atoms with van der Waals surface area (Å²) >= 11 is 0. The summed E-state index contributed by atoms with van der Waals surface area (Å²) in [5, 5.41) is 8.62. The van der Waals surface area contributed by atoms with Gasteiger partial charge in [-0.25, -0.2) is 9.97 Å². The summed E-state index contributed by atoms with van der Waals surface area (Å²) in [5.74, 6) is 2.14. The molecule has 1 heterocycles. The SMILES string of the molecule is Cc1nc(Nc2cccc(NC(=O)CCCOc3ccc4ccccc4c3)c2)cc(-c2ccccc2)n1. The lowest BCUT2D eigenvalue weighted by molar-refractivity contribution is -0.116. The van der Waals surface area contributed by atoms with Gasteiger partial charge < -0.3 is 15.4 Å². The number of carbonyl (C=O) groups is 1. The first-order valence-electron chi connectivity index (χ1n) is 12.3. The first kappa shape index (κ1) is 24.0. The summed E-state index contributed by atoms with van der Waals surface area (Å²) in [5.41, 5.74) is 3.43. The lowest BCUT2D eigenvalue weighted by Crippen LogP contribution is -2.13. The van der Waals surface area contributed by atoms with Crippen molar-refractivity contribution in [1.82, 2.24) is 9.97 Å². The number of hydrogen-bond donors (Lipinski definition) is 2. The van der Waals surface area contributed by atoms with Crippen LogP contribution in [0.3, 0.4) is 0 Å². The molecule has 184 valence electrons. The van der Waals surface area contributed by atoms with Crippen molar-refractivity contribution in [2.75, 3.05) is 17.2 Å². The van der Waals surface area contributed by atoms with E-state index in [1.807, 2.05) is 97.9 Å². The van der Waals surface area contributed by atoms with E-state index in [2.05, 4.69) is 32.7 Å². The molecule has 4 aromatic carbocycles. The van der Waals surface area contributed by atoms with Gasteiger partial charge in [0.1, 0.15) is 17.4 Å². The van der Waals surface area contributed by atoms with Crippen molar-refractivity contribution in [2.45, 2.75) is 19.8 Å². The number of ether oxygens (including phenoxy) is 1. The molecular formula is C31H28N4O2. The highest BCUT2D eigenvalue weighted by Gasteiger charge is 2.07. The van der Waals surface area contributed by atoms with E-state index in [9.17, 15) is 4.79 Å². The molecule has 1 aromatic heterocycles. The van der Waals surface area contributed by atoms with Crippen molar-refractivity contribution in [3.05, 3.63) is 109 Å². The summed E-state index contributed by atoms with van der Waals surface area (Å²) in [4.78, 5) is 21.6. The number of benzene rings is 4. The lowest BCUT2D eigenvalue weighted by Gasteiger charge is -2.11. The van der Waals surface area contributed by atoms with Gasteiger partial charge in [0.05, 0.1) is 12.3 Å². The molecule has 6 nitrogen and oxygen atoms in total. The van der Waals surface area contributed by atoms with Crippen LogP contribution in [-0.4, -0.2) is 22.5 Å². The van der Waals surface area contributed by atoms with E-state index in [1.54, 1.807) is 0 Å². The van der Waals surface area contributed by atoms with E-state index >= 15 is 0 Å². The van der Waals surface area contributed by atoms with Gasteiger partial charge in [-0.1, -0.05) is 66.7 Å². The molecule has 0 aliphatic heterocycles. The molecule has 0 bridgehead atoms. The molecule has 2 N–H and O–H groups in total. The number of nitrogens with zero attached hydrogens (tertiary/aromatic N) is 2. The molecule has 0 atom stereocenters. The monoisotopic (exact) mass is 488 g/mol. The zero-order chi connectivity index (χ0) is 25.5. The fourth-order valence-electron chi connectivity index (χ4n) is 4.11. The fourth-order valence-corrected chi connectivity index (χ4v) is 4.11. The summed E-state index contributed by atoms with van der Waals surface area (Å²) < 4.78 is 5.85. The van der Waals surface area contributed by atoms with Crippen LogP contribution in [0.15, 0.2) is 103 Å². The first-order valence-corrected chi connectivity index (χ1v) is 12.3. The van der Waals surface area contributed by atoms with Gasteiger partial charge in [0.25, 0.3) is 0 Å². The molecule has 37 heavy (non-hydrogen) atoms. The molecule has 0 spiro atoms. The maximum absolute atomic E-state index is 12.5. The van der Waals surface area contributed by atoms with Crippen LogP contribution in [0.25, 0.3) is 22.0 Å². The fraction of sp³-hybridized carbons (Fsp3) is 0.129. The van der Waals surface area contributed by atoms with E-state index < -0.39 is 0 Å². The van der Waals surface area contributed by atoms with Crippen LogP contribution in [0.4, 0.5) is 17.2 Å². The molecule has 5 aromatic rings. The summed E-state index contributed by atoms with van der Waals surface area (Å²) in [6, 6.07) is 33.7. The number of hydrogen-bond acceptors (Lipinski definition) is 5. The molecule has 5 rings (SSSR count). The number of amides is 1. The molecule has 0 radical (unpaired) electrons. The third-order valence-electron chi connectivity index (χ3n) is 5.86. The Kier molecular flexibility index (Phi) is 7.36. The second-order valence-electron chi connectivity index (χ2n) is 8.77. The predicted molar refractivity (Wildman–Crippen MR) is 149 cm³/mol. The standard InChI is InChI=1S/C31H28N4O2/c1-22-32-29(24-10-3-2-4-11-24)21-30(33-22)34-26-13-7-14-27(20-26)35-31(36)15-8-18-37-28-17-16-23-9-5-6-12-25(23)19-28/h2-7,9-14,16-17,19-21H,8,15,18H2,1H3,(H,35,36)(H,32,33,34). The maximum atomic E-state index is 12.5. The largest absolute Gasteiger partial charge is 0.494 e. The van der Waals surface area contributed by atoms with E-state index in [1.165, 1.54) is 5.39 Å². The summed E-state index contributed by atoms with van der Waals surface area (Å²) in [7, 11) is 0. The van der Waals surface area contributed by atoms with Gasteiger partial charge in [0, 0.05) is 29.4 Å². The Labute approximate surface area is 216 Å². The maximum Gasteiger partial charge on any atom is 0.224 e. The average molecular weight is 489 g/mol. The summed E-state index contributed by atoms with van der Waals surface area (Å²) in [6.07, 6.45) is 0.996. The topological polar surface area (TPSA) is 76.1 Å². The van der Waals surface area contributed by atoms with Gasteiger partial charge in [0.15, 0.2) is 0 Å². The predicted octanol–water partition coefficient (Wildman–Crippen LogP) is 7.15. The highest BCUT2D eigenvalue weighted by atomic mass is 16.5. The van der Waals surface area contributed by atoms with Gasteiger partial charge in [0.2, 0.25) is 5.91 Å². The van der Waals surface area contributed by atoms with Crippen molar-refractivity contribution in [3.63, 3.8) is 0 Å². The zero-order valence-corrected chi connectivity index (χ0v) is 20.6. The average Bonchev–Trinajstić information content (AvgIpc) is 2.91. The van der Waals surface area contributed by atoms with E-state index in [4.69, 9.17) is 4.74 Å². The number of aryl methyl sites for hydroxylation is 1. The highest BCUT2D eigenvalue weighted by Crippen LogP contribution is 2.24. The van der Waals surface area contributed by atoms with Crippen molar-refractivity contribution in [1.29, 1.82) is 0 Å². The Hall–Kier alpha value is -4.71. The van der Waals surface area contributed by atoms with Gasteiger partial charge in [-0.3, -0.25) is 4.79 Å². The molecule has 0 fully saturated rings. The Morgan fingerprint density at radius 3 is 2.43 bits per heavy atom. The molecule has 0 saturated carbocycles. The van der Waals surface area contributed by atoms with Crippen LogP contribution in [0.2, 0.25) is 0 Å². The third-order valence-corrected chi connectivity index (χ3v) is 5.86. The Bertz CT molecular complexity index is 1520. The number of nitrogens with one attached hydrogen (secondary N) is 2. The van der Waals surface area contributed by atoms with Crippen LogP contribution in [0.5, 0.6) is 5.75 Å². The number of carbonyl (C=O) groups excluding carboxylic acids is 1. The molecule has 0 unspecified atom stereocenters. The lowest BCUT2D eigenvalue weighted by atomic mass is 10.1. The minimum absolute atomic E-state index is 0.0523. The smallest absolute Gasteiger partial charge is 0.224 e. The second kappa shape index (κ2) is 11.4. The molecule has 1 amide bonds. The quantitative estimate of drug-likeness (QED) is 0.216. The van der Waals surface area contributed by atoms with Crippen molar-refractivity contribution < 1.29 is 9.53 Å². The third kappa shape index (κ3) is 6.49. The minimum Gasteiger partial charge on any atom is -0.494 e. The van der Waals surface area contributed by atoms with Gasteiger partial charge in [-0.15, -0.1) is 0 Å². The van der Waals surface area contributed by atoms with Crippen LogP contribution in [-0.2, 0) is 4.79 Å². The molecule has 0 aliphatic carbocycles. The van der Waals surface area contributed by atoms with Crippen LogP contribution < -0.4 is 15.4 Å². The Balaban J connectivity index is 1.14. The van der Waals surface area contributed by atoms with Crippen molar-refractivity contribution in [2.24, 2.45) is 0 Å². The van der Waals surface area contributed by atoms with Gasteiger partial charge in [-0.2, -0.15) is 0 Å². The number of aromatic nitrogens is 2.